The van der Waals surface area contributed by atoms with Crippen molar-refractivity contribution in [3.8, 4) is 12.3 Å². The molecule has 1 aromatic carbocycles. The van der Waals surface area contributed by atoms with Gasteiger partial charge < -0.3 is 5.32 Å². The van der Waals surface area contributed by atoms with Gasteiger partial charge in [-0.2, -0.15) is 0 Å². The van der Waals surface area contributed by atoms with Gasteiger partial charge in [0.05, 0.1) is 0 Å². The first-order chi connectivity index (χ1) is 8.72. The van der Waals surface area contributed by atoms with Crippen molar-refractivity contribution in [2.75, 3.05) is 0 Å². The van der Waals surface area contributed by atoms with Crippen LogP contribution in [0, 0.1) is 18.2 Å². The summed E-state index contributed by atoms with van der Waals surface area (Å²) in [5.74, 6) is 3.08. The average molecular weight is 245 g/mol. The molecule has 2 heteroatoms. The van der Waals surface area contributed by atoms with Crippen LogP contribution in [0.1, 0.15) is 44.1 Å². The summed E-state index contributed by atoms with van der Waals surface area (Å²) in [6.07, 6.45) is 9.37. The van der Waals surface area contributed by atoms with E-state index < -0.39 is 0 Å². The zero-order chi connectivity index (χ0) is 13.0. The molecule has 1 saturated carbocycles. The third-order valence-electron chi connectivity index (χ3n) is 3.79. The van der Waals surface area contributed by atoms with Gasteiger partial charge in [0.15, 0.2) is 0 Å². The second-order valence-corrected chi connectivity index (χ2v) is 5.10. The van der Waals surface area contributed by atoms with E-state index in [2.05, 4.69) is 18.2 Å². The lowest BCUT2D eigenvalue weighted by Crippen LogP contribution is -2.45. The maximum absolute atomic E-state index is 13.1. The van der Waals surface area contributed by atoms with Crippen LogP contribution in [0.3, 0.4) is 0 Å². The fourth-order valence-electron chi connectivity index (χ4n) is 2.58. The van der Waals surface area contributed by atoms with E-state index in [1.807, 2.05) is 6.07 Å². The van der Waals surface area contributed by atoms with Gasteiger partial charge in [-0.15, -0.1) is 12.3 Å². The quantitative estimate of drug-likeness (QED) is 0.783. The minimum atomic E-state index is -0.136. The lowest BCUT2D eigenvalue weighted by Gasteiger charge is -2.38. The third kappa shape index (κ3) is 3.11. The molecular formula is C16H20FN. The molecular weight excluding hydrogens is 225 g/mol. The van der Waals surface area contributed by atoms with Crippen molar-refractivity contribution in [2.45, 2.75) is 50.6 Å². The monoisotopic (exact) mass is 245 g/mol. The second kappa shape index (κ2) is 6.02. The highest BCUT2D eigenvalue weighted by Crippen LogP contribution is 2.37. The van der Waals surface area contributed by atoms with Gasteiger partial charge in [0.25, 0.3) is 0 Å². The smallest absolute Gasteiger partial charge is 0.123 e. The number of hydrogen-bond donors (Lipinski definition) is 1. The van der Waals surface area contributed by atoms with E-state index in [0.29, 0.717) is 18.0 Å². The van der Waals surface area contributed by atoms with Gasteiger partial charge in [-0.25, -0.2) is 4.39 Å². The van der Waals surface area contributed by atoms with Crippen LogP contribution in [-0.2, 0) is 0 Å². The predicted octanol–water partition coefficient (Wildman–Crippen LogP) is 3.46. The summed E-state index contributed by atoms with van der Waals surface area (Å²) in [6, 6.07) is 7.92. The standard InChI is InChI=1S/C16H20FN/c1-3-6-15(4-2)18-16-10-13(11-16)12-7-5-8-14(17)9-12/h1,5,7-9,13,15-16,18H,4,6,10-11H2,2H3. The van der Waals surface area contributed by atoms with Gasteiger partial charge in [-0.3, -0.25) is 0 Å². The summed E-state index contributed by atoms with van der Waals surface area (Å²) in [5.41, 5.74) is 1.12. The minimum Gasteiger partial charge on any atom is -0.310 e. The average Bonchev–Trinajstić information content (AvgIpc) is 2.31. The van der Waals surface area contributed by atoms with Crippen LogP contribution < -0.4 is 5.32 Å². The lowest BCUT2D eigenvalue weighted by molar-refractivity contribution is 0.262. The van der Waals surface area contributed by atoms with Crippen LogP contribution in [0.4, 0.5) is 4.39 Å². The van der Waals surface area contributed by atoms with E-state index in [-0.39, 0.29) is 5.82 Å². The van der Waals surface area contributed by atoms with E-state index in [0.717, 1.165) is 31.2 Å². The Hall–Kier alpha value is -1.33. The molecule has 2 rings (SSSR count). The molecule has 0 heterocycles. The van der Waals surface area contributed by atoms with Gasteiger partial charge in [-0.05, 0) is 42.9 Å². The van der Waals surface area contributed by atoms with Crippen LogP contribution in [0.25, 0.3) is 0 Å². The van der Waals surface area contributed by atoms with Gasteiger partial charge >= 0.3 is 0 Å². The fraction of sp³-hybridized carbons (Fsp3) is 0.500. The van der Waals surface area contributed by atoms with Gasteiger partial charge in [0, 0.05) is 18.5 Å². The molecule has 1 fully saturated rings. The van der Waals surface area contributed by atoms with E-state index in [1.165, 1.54) is 6.07 Å². The first-order valence-electron chi connectivity index (χ1n) is 6.68. The molecule has 0 amide bonds. The molecule has 1 unspecified atom stereocenters. The Kier molecular flexibility index (Phi) is 4.38. The Morgan fingerprint density at radius 3 is 2.89 bits per heavy atom. The molecule has 1 aromatic rings. The largest absolute Gasteiger partial charge is 0.310 e. The molecule has 1 atom stereocenters. The third-order valence-corrected chi connectivity index (χ3v) is 3.79. The van der Waals surface area contributed by atoms with Crippen molar-refractivity contribution in [3.63, 3.8) is 0 Å². The number of hydrogen-bond acceptors (Lipinski definition) is 1. The van der Waals surface area contributed by atoms with Crippen molar-refractivity contribution < 1.29 is 4.39 Å². The molecule has 1 aliphatic carbocycles. The molecule has 0 aliphatic heterocycles. The van der Waals surface area contributed by atoms with Crippen LogP contribution in [-0.4, -0.2) is 12.1 Å². The number of terminal acetylenes is 1. The molecule has 0 radical (unpaired) electrons. The van der Waals surface area contributed by atoms with Gasteiger partial charge in [-0.1, -0.05) is 19.1 Å². The summed E-state index contributed by atoms with van der Waals surface area (Å²) >= 11 is 0. The maximum atomic E-state index is 13.1. The van der Waals surface area contributed by atoms with Crippen molar-refractivity contribution in [3.05, 3.63) is 35.6 Å². The van der Waals surface area contributed by atoms with Crippen LogP contribution in [0.15, 0.2) is 24.3 Å². The Labute approximate surface area is 109 Å². The minimum absolute atomic E-state index is 0.136. The highest BCUT2D eigenvalue weighted by molar-refractivity contribution is 5.23. The number of rotatable bonds is 5. The molecule has 1 nitrogen and oxygen atoms in total. The lowest BCUT2D eigenvalue weighted by atomic mass is 9.75. The first-order valence-corrected chi connectivity index (χ1v) is 6.68. The summed E-state index contributed by atoms with van der Waals surface area (Å²) < 4.78 is 13.1. The van der Waals surface area contributed by atoms with E-state index in [9.17, 15) is 4.39 Å². The summed E-state index contributed by atoms with van der Waals surface area (Å²) in [5, 5.41) is 3.58. The highest BCUT2D eigenvalue weighted by atomic mass is 19.1. The Morgan fingerprint density at radius 2 is 2.28 bits per heavy atom. The molecule has 0 saturated heterocycles. The second-order valence-electron chi connectivity index (χ2n) is 5.10. The van der Waals surface area contributed by atoms with Crippen LogP contribution >= 0.6 is 0 Å². The van der Waals surface area contributed by atoms with Crippen molar-refractivity contribution >= 4 is 0 Å². The fourth-order valence-corrected chi connectivity index (χ4v) is 2.58. The van der Waals surface area contributed by atoms with Gasteiger partial charge in [0.2, 0.25) is 0 Å². The molecule has 0 spiro atoms. The summed E-state index contributed by atoms with van der Waals surface area (Å²) in [6.45, 7) is 2.15. The van der Waals surface area contributed by atoms with Crippen LogP contribution in [0.5, 0.6) is 0 Å². The molecule has 1 N–H and O–H groups in total. The summed E-state index contributed by atoms with van der Waals surface area (Å²) in [7, 11) is 0. The summed E-state index contributed by atoms with van der Waals surface area (Å²) in [4.78, 5) is 0. The zero-order valence-electron chi connectivity index (χ0n) is 10.8. The number of halogens is 1. The number of benzene rings is 1. The molecule has 0 bridgehead atoms. The normalized spacial score (nSPS) is 24.1. The zero-order valence-corrected chi connectivity index (χ0v) is 10.8. The molecule has 1 aliphatic rings. The highest BCUT2D eigenvalue weighted by Gasteiger charge is 2.31. The SMILES string of the molecule is C#CCC(CC)NC1CC(c2cccc(F)c2)C1. The predicted molar refractivity (Wildman–Crippen MR) is 72.8 cm³/mol. The molecule has 96 valence electrons. The maximum Gasteiger partial charge on any atom is 0.123 e. The van der Waals surface area contributed by atoms with Crippen molar-refractivity contribution in [2.24, 2.45) is 0 Å². The Balaban J connectivity index is 1.82. The Bertz CT molecular complexity index is 429. The Morgan fingerprint density at radius 1 is 1.50 bits per heavy atom. The molecule has 0 aromatic heterocycles. The van der Waals surface area contributed by atoms with E-state index in [1.54, 1.807) is 12.1 Å². The number of nitrogens with one attached hydrogen (secondary N) is 1. The van der Waals surface area contributed by atoms with Crippen LogP contribution in [0.2, 0.25) is 0 Å². The van der Waals surface area contributed by atoms with Crippen molar-refractivity contribution in [1.29, 1.82) is 0 Å². The van der Waals surface area contributed by atoms with E-state index in [4.69, 9.17) is 6.42 Å². The topological polar surface area (TPSA) is 12.0 Å². The van der Waals surface area contributed by atoms with E-state index >= 15 is 0 Å². The molecule has 18 heavy (non-hydrogen) atoms. The van der Waals surface area contributed by atoms with Gasteiger partial charge in [0.1, 0.15) is 5.82 Å². The van der Waals surface area contributed by atoms with Crippen molar-refractivity contribution in [1.82, 2.24) is 5.32 Å². The first kappa shape index (κ1) is 13.1.